The first-order chi connectivity index (χ1) is 10.6. The standard InChI is InChI=1S/C15H16N4O2S/c1-3-7-19-13-12(14(20)18(2)15(19)21)16-11(17-13)5-4-10-6-8-22-9-10/h4-6,8-9H,3,7H2,1-2H3,(H,16,17)/b5-4+. The summed E-state index contributed by atoms with van der Waals surface area (Å²) in [6, 6.07) is 2.00. The second kappa shape index (κ2) is 5.76. The summed E-state index contributed by atoms with van der Waals surface area (Å²) in [5, 5.41) is 4.01. The fraction of sp³-hybridized carbons (Fsp3) is 0.267. The molecule has 0 aliphatic heterocycles. The quantitative estimate of drug-likeness (QED) is 0.801. The molecule has 3 rings (SSSR count). The Kier molecular flexibility index (Phi) is 3.81. The maximum absolute atomic E-state index is 12.2. The Balaban J connectivity index is 2.16. The van der Waals surface area contributed by atoms with Crippen LogP contribution in [0.15, 0.2) is 26.4 Å². The Morgan fingerprint density at radius 2 is 2.18 bits per heavy atom. The Morgan fingerprint density at radius 3 is 2.86 bits per heavy atom. The van der Waals surface area contributed by atoms with E-state index in [4.69, 9.17) is 0 Å². The van der Waals surface area contributed by atoms with E-state index in [0.717, 1.165) is 16.6 Å². The number of nitrogens with one attached hydrogen (secondary N) is 1. The summed E-state index contributed by atoms with van der Waals surface area (Å²) in [6.45, 7) is 2.51. The molecule has 0 bridgehead atoms. The van der Waals surface area contributed by atoms with Crippen molar-refractivity contribution < 1.29 is 0 Å². The fourth-order valence-electron chi connectivity index (χ4n) is 2.30. The van der Waals surface area contributed by atoms with E-state index in [9.17, 15) is 9.59 Å². The molecule has 7 heteroatoms. The zero-order valence-corrected chi connectivity index (χ0v) is 13.2. The highest BCUT2D eigenvalue weighted by atomic mass is 32.1. The minimum atomic E-state index is -0.352. The molecular formula is C15H16N4O2S. The lowest BCUT2D eigenvalue weighted by atomic mass is 10.3. The van der Waals surface area contributed by atoms with Gasteiger partial charge in [0.15, 0.2) is 5.65 Å². The van der Waals surface area contributed by atoms with E-state index in [-0.39, 0.29) is 11.2 Å². The van der Waals surface area contributed by atoms with Gasteiger partial charge in [0.2, 0.25) is 0 Å². The van der Waals surface area contributed by atoms with Gasteiger partial charge in [0.25, 0.3) is 5.56 Å². The molecule has 0 saturated heterocycles. The molecule has 0 amide bonds. The SMILES string of the molecule is CCCn1c(=O)n(C)c(=O)c2[nH]c(/C=C/c3ccsc3)nc21. The third kappa shape index (κ3) is 2.43. The van der Waals surface area contributed by atoms with Gasteiger partial charge in [-0.15, -0.1) is 0 Å². The monoisotopic (exact) mass is 316 g/mol. The van der Waals surface area contributed by atoms with Crippen molar-refractivity contribution in [3.63, 3.8) is 0 Å². The summed E-state index contributed by atoms with van der Waals surface area (Å²) in [6.07, 6.45) is 4.52. The van der Waals surface area contributed by atoms with E-state index >= 15 is 0 Å². The normalized spacial score (nSPS) is 11.7. The first-order valence-electron chi connectivity index (χ1n) is 7.01. The van der Waals surface area contributed by atoms with Crippen molar-refractivity contribution in [3.05, 3.63) is 49.1 Å². The second-order valence-electron chi connectivity index (χ2n) is 5.01. The molecule has 114 valence electrons. The molecular weight excluding hydrogens is 300 g/mol. The van der Waals surface area contributed by atoms with E-state index in [1.54, 1.807) is 11.3 Å². The number of fused-ring (bicyclic) bond motifs is 1. The van der Waals surface area contributed by atoms with Gasteiger partial charge in [-0.05, 0) is 34.9 Å². The van der Waals surface area contributed by atoms with E-state index < -0.39 is 0 Å². The van der Waals surface area contributed by atoms with Crippen molar-refractivity contribution >= 4 is 34.7 Å². The Hall–Kier alpha value is -2.41. The van der Waals surface area contributed by atoms with Gasteiger partial charge in [-0.2, -0.15) is 11.3 Å². The molecule has 0 fully saturated rings. The largest absolute Gasteiger partial charge is 0.333 e. The van der Waals surface area contributed by atoms with Crippen molar-refractivity contribution in [2.45, 2.75) is 19.9 Å². The van der Waals surface area contributed by atoms with Crippen molar-refractivity contribution in [1.82, 2.24) is 19.1 Å². The molecule has 0 aliphatic carbocycles. The number of hydrogen-bond acceptors (Lipinski definition) is 4. The third-order valence-corrected chi connectivity index (χ3v) is 4.12. The molecule has 0 unspecified atom stereocenters. The van der Waals surface area contributed by atoms with Crippen LogP contribution in [-0.4, -0.2) is 19.1 Å². The summed E-state index contributed by atoms with van der Waals surface area (Å²) < 4.78 is 2.65. The van der Waals surface area contributed by atoms with Gasteiger partial charge in [-0.25, -0.2) is 9.78 Å². The molecule has 0 spiro atoms. The second-order valence-corrected chi connectivity index (χ2v) is 5.79. The van der Waals surface area contributed by atoms with E-state index in [1.807, 2.05) is 35.9 Å². The number of imidazole rings is 1. The topological polar surface area (TPSA) is 72.7 Å². The van der Waals surface area contributed by atoms with Crippen LogP contribution in [0.25, 0.3) is 23.3 Å². The highest BCUT2D eigenvalue weighted by molar-refractivity contribution is 7.08. The van der Waals surface area contributed by atoms with Crippen molar-refractivity contribution in [2.75, 3.05) is 0 Å². The highest BCUT2D eigenvalue weighted by Crippen LogP contribution is 2.12. The van der Waals surface area contributed by atoms with Crippen molar-refractivity contribution in [1.29, 1.82) is 0 Å². The number of aromatic nitrogens is 4. The predicted octanol–water partition coefficient (Wildman–Crippen LogP) is 2.07. The van der Waals surface area contributed by atoms with Crippen LogP contribution in [0.3, 0.4) is 0 Å². The van der Waals surface area contributed by atoms with Crippen LogP contribution in [0.2, 0.25) is 0 Å². The molecule has 0 radical (unpaired) electrons. The molecule has 22 heavy (non-hydrogen) atoms. The molecule has 3 heterocycles. The number of H-pyrrole nitrogens is 1. The van der Waals surface area contributed by atoms with Gasteiger partial charge in [0.1, 0.15) is 11.3 Å². The van der Waals surface area contributed by atoms with Crippen LogP contribution in [0.4, 0.5) is 0 Å². The first kappa shape index (κ1) is 14.5. The third-order valence-electron chi connectivity index (χ3n) is 3.42. The van der Waals surface area contributed by atoms with Crippen LogP contribution < -0.4 is 11.2 Å². The van der Waals surface area contributed by atoms with Gasteiger partial charge in [-0.1, -0.05) is 13.0 Å². The Labute approximate surface area is 130 Å². The van der Waals surface area contributed by atoms with Crippen LogP contribution in [0.1, 0.15) is 24.7 Å². The highest BCUT2D eigenvalue weighted by Gasteiger charge is 2.14. The molecule has 6 nitrogen and oxygen atoms in total. The van der Waals surface area contributed by atoms with E-state index in [1.165, 1.54) is 11.6 Å². The lowest BCUT2D eigenvalue weighted by molar-refractivity contribution is 0.611. The fourth-order valence-corrected chi connectivity index (χ4v) is 2.93. The molecule has 3 aromatic rings. The van der Waals surface area contributed by atoms with Crippen LogP contribution in [0.5, 0.6) is 0 Å². The minimum absolute atomic E-state index is 0.334. The van der Waals surface area contributed by atoms with Gasteiger partial charge in [-0.3, -0.25) is 13.9 Å². The summed E-state index contributed by atoms with van der Waals surface area (Å²) in [4.78, 5) is 31.8. The maximum Gasteiger partial charge on any atom is 0.332 e. The Bertz CT molecular complexity index is 944. The van der Waals surface area contributed by atoms with Crippen LogP contribution in [0, 0.1) is 0 Å². The van der Waals surface area contributed by atoms with Crippen molar-refractivity contribution in [3.8, 4) is 0 Å². The van der Waals surface area contributed by atoms with Crippen LogP contribution >= 0.6 is 11.3 Å². The predicted molar refractivity (Wildman–Crippen MR) is 89.1 cm³/mol. The number of thiophene rings is 1. The zero-order valence-electron chi connectivity index (χ0n) is 12.4. The van der Waals surface area contributed by atoms with Gasteiger partial charge in [0, 0.05) is 13.6 Å². The van der Waals surface area contributed by atoms with Gasteiger partial charge >= 0.3 is 5.69 Å². The number of aryl methyl sites for hydroxylation is 1. The van der Waals surface area contributed by atoms with E-state index in [0.29, 0.717) is 23.5 Å². The molecule has 0 saturated carbocycles. The average Bonchev–Trinajstić information content (AvgIpc) is 3.16. The lowest BCUT2D eigenvalue weighted by Crippen LogP contribution is -2.38. The lowest BCUT2D eigenvalue weighted by Gasteiger charge is -2.06. The van der Waals surface area contributed by atoms with Crippen LogP contribution in [-0.2, 0) is 13.6 Å². The smallest absolute Gasteiger partial charge is 0.332 e. The first-order valence-corrected chi connectivity index (χ1v) is 7.96. The Morgan fingerprint density at radius 1 is 1.36 bits per heavy atom. The summed E-state index contributed by atoms with van der Waals surface area (Å²) in [7, 11) is 1.48. The summed E-state index contributed by atoms with van der Waals surface area (Å²) in [5.74, 6) is 0.564. The van der Waals surface area contributed by atoms with Gasteiger partial charge < -0.3 is 4.98 Å². The number of rotatable bonds is 4. The number of aromatic amines is 1. The molecule has 0 aromatic carbocycles. The van der Waals surface area contributed by atoms with Crippen molar-refractivity contribution in [2.24, 2.45) is 7.05 Å². The summed E-state index contributed by atoms with van der Waals surface area (Å²) in [5.41, 5.74) is 1.17. The zero-order chi connectivity index (χ0) is 15.7. The maximum atomic E-state index is 12.2. The van der Waals surface area contributed by atoms with Gasteiger partial charge in [0.05, 0.1) is 0 Å². The number of hydrogen-bond donors (Lipinski definition) is 1. The molecule has 0 aliphatic rings. The molecule has 0 atom stereocenters. The minimum Gasteiger partial charge on any atom is -0.333 e. The van der Waals surface area contributed by atoms with E-state index in [2.05, 4.69) is 9.97 Å². The number of nitrogens with zero attached hydrogens (tertiary/aromatic N) is 3. The molecule has 1 N–H and O–H groups in total. The molecule has 3 aromatic heterocycles. The average molecular weight is 316 g/mol. The summed E-state index contributed by atoms with van der Waals surface area (Å²) >= 11 is 1.61.